The molecule has 1 aliphatic carbocycles. The third-order valence-corrected chi connectivity index (χ3v) is 4.03. The Balaban J connectivity index is 2.64. The first-order valence-electron chi connectivity index (χ1n) is 7.39. The highest BCUT2D eigenvalue weighted by molar-refractivity contribution is 9.11. The molecule has 1 aliphatic rings. The summed E-state index contributed by atoms with van der Waals surface area (Å²) >= 11 is 3.52. The van der Waals surface area contributed by atoms with Crippen molar-refractivity contribution in [3.05, 3.63) is 58.2 Å². The van der Waals surface area contributed by atoms with E-state index in [0.717, 1.165) is 17.3 Å². The van der Waals surface area contributed by atoms with E-state index in [1.165, 1.54) is 11.1 Å². The van der Waals surface area contributed by atoms with Crippen molar-refractivity contribution >= 4 is 15.9 Å². The molecular weight excluding hydrogens is 308 g/mol. The van der Waals surface area contributed by atoms with Gasteiger partial charge in [0.25, 0.3) is 0 Å². The molecule has 20 heavy (non-hydrogen) atoms. The molecule has 1 atom stereocenters. The van der Waals surface area contributed by atoms with Crippen LogP contribution in [0.25, 0.3) is 0 Å². The zero-order valence-electron chi connectivity index (χ0n) is 13.4. The van der Waals surface area contributed by atoms with E-state index in [4.69, 9.17) is 0 Å². The number of rotatable bonds is 4. The van der Waals surface area contributed by atoms with Gasteiger partial charge in [-0.1, -0.05) is 85.7 Å². The van der Waals surface area contributed by atoms with E-state index in [1.54, 1.807) is 0 Å². The first-order chi connectivity index (χ1) is 9.32. The first kappa shape index (κ1) is 17.2. The highest BCUT2D eigenvalue weighted by atomic mass is 79.9. The fraction of sp³-hybridized carbons (Fsp3) is 0.474. The van der Waals surface area contributed by atoms with Crippen LogP contribution >= 0.6 is 15.9 Å². The summed E-state index contributed by atoms with van der Waals surface area (Å²) < 4.78 is 1.15. The van der Waals surface area contributed by atoms with Crippen LogP contribution in [0.15, 0.2) is 58.2 Å². The molecule has 0 heterocycles. The van der Waals surface area contributed by atoms with Gasteiger partial charge in [0.05, 0.1) is 0 Å². The third kappa shape index (κ3) is 6.09. The minimum absolute atomic E-state index is 0.225. The van der Waals surface area contributed by atoms with Crippen LogP contribution in [0.5, 0.6) is 0 Å². The Bertz CT molecular complexity index is 464. The van der Waals surface area contributed by atoms with E-state index in [2.05, 4.69) is 93.1 Å². The monoisotopic (exact) mass is 334 g/mol. The van der Waals surface area contributed by atoms with Crippen molar-refractivity contribution in [2.45, 2.75) is 47.5 Å². The predicted octanol–water partition coefficient (Wildman–Crippen LogP) is 6.73. The summed E-state index contributed by atoms with van der Waals surface area (Å²) in [5.41, 5.74) is 3.12. The zero-order valence-corrected chi connectivity index (χ0v) is 15.0. The molecule has 1 rings (SSSR count). The molecule has 0 bridgehead atoms. The van der Waals surface area contributed by atoms with Crippen molar-refractivity contribution in [2.24, 2.45) is 11.3 Å². The van der Waals surface area contributed by atoms with Gasteiger partial charge in [0.2, 0.25) is 0 Å². The van der Waals surface area contributed by atoms with Crippen molar-refractivity contribution in [1.29, 1.82) is 0 Å². The number of hydrogen-bond donors (Lipinski definition) is 0. The van der Waals surface area contributed by atoms with Crippen LogP contribution in [0.1, 0.15) is 47.5 Å². The molecule has 1 unspecified atom stereocenters. The van der Waals surface area contributed by atoms with E-state index in [0.29, 0.717) is 5.92 Å². The summed E-state index contributed by atoms with van der Waals surface area (Å²) in [5, 5.41) is 0. The second-order valence-electron chi connectivity index (χ2n) is 6.52. The first-order valence-corrected chi connectivity index (χ1v) is 8.19. The van der Waals surface area contributed by atoms with E-state index in [9.17, 15) is 0 Å². The minimum Gasteiger partial charge on any atom is -0.0839 e. The standard InChI is InChI=1S/C19H27Br/c1-6-17(19(3,4)5)12-10-15(2)14-16-8-7-9-18(20)13-11-16/h6-7,9-13,15H,8,14H2,1-5H3/b12-10-,17-6+. The van der Waals surface area contributed by atoms with Crippen molar-refractivity contribution in [3.8, 4) is 0 Å². The fourth-order valence-corrected chi connectivity index (χ4v) is 2.64. The number of halogens is 1. The highest BCUT2D eigenvalue weighted by Crippen LogP contribution is 2.27. The van der Waals surface area contributed by atoms with Crippen molar-refractivity contribution < 1.29 is 0 Å². The summed E-state index contributed by atoms with van der Waals surface area (Å²) in [6.07, 6.45) is 17.8. The van der Waals surface area contributed by atoms with Gasteiger partial charge in [-0.05, 0) is 42.7 Å². The molecule has 0 aliphatic heterocycles. The van der Waals surface area contributed by atoms with Crippen LogP contribution in [-0.2, 0) is 0 Å². The predicted molar refractivity (Wildman–Crippen MR) is 95.0 cm³/mol. The molecule has 0 fully saturated rings. The normalized spacial score (nSPS) is 18.8. The van der Waals surface area contributed by atoms with Gasteiger partial charge in [0, 0.05) is 4.48 Å². The zero-order chi connectivity index (χ0) is 15.2. The molecule has 1 heteroatoms. The third-order valence-electron chi connectivity index (χ3n) is 3.50. The maximum atomic E-state index is 3.52. The Kier molecular flexibility index (Phi) is 6.75. The molecular formula is C19H27Br. The summed E-state index contributed by atoms with van der Waals surface area (Å²) in [6.45, 7) is 11.2. The van der Waals surface area contributed by atoms with E-state index >= 15 is 0 Å². The molecule has 0 amide bonds. The maximum absolute atomic E-state index is 3.52. The Labute approximate surface area is 133 Å². The Morgan fingerprint density at radius 1 is 1.35 bits per heavy atom. The molecule has 0 saturated heterocycles. The van der Waals surface area contributed by atoms with Gasteiger partial charge in [0.1, 0.15) is 0 Å². The lowest BCUT2D eigenvalue weighted by Gasteiger charge is -2.20. The second kappa shape index (κ2) is 7.83. The average molecular weight is 335 g/mol. The summed E-state index contributed by atoms with van der Waals surface area (Å²) in [6, 6.07) is 0. The topological polar surface area (TPSA) is 0 Å². The Morgan fingerprint density at radius 2 is 2.05 bits per heavy atom. The lowest BCUT2D eigenvalue weighted by Crippen LogP contribution is -2.07. The summed E-state index contributed by atoms with van der Waals surface area (Å²) in [4.78, 5) is 0. The highest BCUT2D eigenvalue weighted by Gasteiger charge is 2.13. The van der Waals surface area contributed by atoms with Crippen LogP contribution in [0.4, 0.5) is 0 Å². The van der Waals surface area contributed by atoms with Gasteiger partial charge in [-0.25, -0.2) is 0 Å². The van der Waals surface area contributed by atoms with Crippen LogP contribution in [-0.4, -0.2) is 0 Å². The fourth-order valence-electron chi connectivity index (χ4n) is 2.32. The van der Waals surface area contributed by atoms with Gasteiger partial charge in [-0.2, -0.15) is 0 Å². The van der Waals surface area contributed by atoms with Crippen molar-refractivity contribution in [2.75, 3.05) is 0 Å². The minimum atomic E-state index is 0.225. The van der Waals surface area contributed by atoms with Gasteiger partial charge in [-0.15, -0.1) is 0 Å². The lowest BCUT2D eigenvalue weighted by molar-refractivity contribution is 0.515. The maximum Gasteiger partial charge on any atom is 0.0172 e. The van der Waals surface area contributed by atoms with E-state index < -0.39 is 0 Å². The molecule has 0 radical (unpaired) electrons. The van der Waals surface area contributed by atoms with Crippen LogP contribution in [0, 0.1) is 11.3 Å². The molecule has 110 valence electrons. The quantitative estimate of drug-likeness (QED) is 0.500. The molecule has 0 spiro atoms. The Morgan fingerprint density at radius 3 is 2.65 bits per heavy atom. The molecule has 0 N–H and O–H groups in total. The molecule has 0 aromatic rings. The lowest BCUT2D eigenvalue weighted by atomic mass is 9.85. The number of allylic oxidation sites excluding steroid dienone is 10. The van der Waals surface area contributed by atoms with Crippen LogP contribution < -0.4 is 0 Å². The van der Waals surface area contributed by atoms with Crippen molar-refractivity contribution in [1.82, 2.24) is 0 Å². The van der Waals surface area contributed by atoms with E-state index in [1.807, 2.05) is 0 Å². The van der Waals surface area contributed by atoms with Gasteiger partial charge in [-0.3, -0.25) is 0 Å². The smallest absolute Gasteiger partial charge is 0.0172 e. The SMILES string of the molecule is C/C=C(\C=C/C(C)CC1=CC=C(Br)C=CC1)C(C)(C)C. The largest absolute Gasteiger partial charge is 0.0839 e. The molecule has 0 aromatic heterocycles. The summed E-state index contributed by atoms with van der Waals surface area (Å²) in [7, 11) is 0. The van der Waals surface area contributed by atoms with E-state index in [-0.39, 0.29) is 5.41 Å². The Hall–Kier alpha value is -0.820. The second-order valence-corrected chi connectivity index (χ2v) is 7.43. The molecule has 0 aromatic carbocycles. The van der Waals surface area contributed by atoms with Crippen molar-refractivity contribution in [3.63, 3.8) is 0 Å². The van der Waals surface area contributed by atoms with Gasteiger partial charge < -0.3 is 0 Å². The number of hydrogen-bond acceptors (Lipinski definition) is 0. The summed E-state index contributed by atoms with van der Waals surface area (Å²) in [5.74, 6) is 0.567. The molecule has 0 saturated carbocycles. The van der Waals surface area contributed by atoms with Crippen LogP contribution in [0.3, 0.4) is 0 Å². The average Bonchev–Trinajstić information content (AvgIpc) is 2.53. The van der Waals surface area contributed by atoms with Gasteiger partial charge in [0.15, 0.2) is 0 Å². The van der Waals surface area contributed by atoms with Crippen LogP contribution in [0.2, 0.25) is 0 Å². The molecule has 0 nitrogen and oxygen atoms in total. The van der Waals surface area contributed by atoms with Gasteiger partial charge >= 0.3 is 0 Å².